The number of anilines is 5. The highest BCUT2D eigenvalue weighted by Crippen LogP contribution is 2.25. The van der Waals surface area contributed by atoms with Crippen LogP contribution in [-0.4, -0.2) is 90.1 Å². The molecule has 10 N–H and O–H groups in total. The van der Waals surface area contributed by atoms with Crippen molar-refractivity contribution in [3.8, 4) is 0 Å². The highest BCUT2D eigenvalue weighted by atomic mass is 35.5. The number of aliphatic hydroxyl groups excluding tert-OH is 1. The summed E-state index contributed by atoms with van der Waals surface area (Å²) < 4.78 is 0. The molecule has 4 atom stereocenters. The number of benzene rings is 1. The average Bonchev–Trinajstić information content (AvgIpc) is 2.82. The number of hydrogen-bond acceptors (Lipinski definition) is 12. The minimum atomic E-state index is -0.0415. The first-order valence-corrected chi connectivity index (χ1v) is 12.4. The van der Waals surface area contributed by atoms with Crippen molar-refractivity contribution in [3.63, 3.8) is 0 Å². The van der Waals surface area contributed by atoms with Gasteiger partial charge >= 0.3 is 0 Å². The van der Waals surface area contributed by atoms with Crippen LogP contribution in [0.25, 0.3) is 0 Å². The van der Waals surface area contributed by atoms with Crippen LogP contribution in [0.4, 0.5) is 29.2 Å². The molecule has 13 heteroatoms. The highest BCUT2D eigenvalue weighted by Gasteiger charge is 2.28. The van der Waals surface area contributed by atoms with Crippen molar-refractivity contribution in [3.05, 3.63) is 24.3 Å². The molecule has 200 valence electrons. The Balaban J connectivity index is 0.00000361. The standard InChI is InChI=1S/C23H39N11O.ClH/c1-2-32(7-8-35)20-5-3-19(4-6-20)28-21-29-22(33-11-15(24)9-16(25)12-33)31-23(30-21)34-13-17(26)10-18(27)14-34;/h3-6,15-18,35H,2,7-14,24-27H2,1H3,(H,28,29,30,31);1H/t15-,16+,17-,18+;. The first-order valence-electron chi connectivity index (χ1n) is 12.4. The fraction of sp³-hybridized carbons (Fsp3) is 0.609. The lowest BCUT2D eigenvalue weighted by Crippen LogP contribution is -2.54. The predicted octanol–water partition coefficient (Wildman–Crippen LogP) is -0.415. The van der Waals surface area contributed by atoms with Crippen molar-refractivity contribution in [1.29, 1.82) is 0 Å². The number of hydrogen-bond donors (Lipinski definition) is 6. The third kappa shape index (κ3) is 7.05. The number of nitrogens with two attached hydrogens (primary N) is 4. The SMILES string of the molecule is CCN(CCO)c1ccc(Nc2nc(N3C[C@H](N)C[C@H](N)C3)nc(N3C[C@H](N)C[C@H](N)C3)n2)cc1.Cl. The Hall–Kier alpha value is -2.48. The molecule has 2 aromatic rings. The summed E-state index contributed by atoms with van der Waals surface area (Å²) in [5.41, 5.74) is 26.8. The maximum absolute atomic E-state index is 9.30. The molecular weight excluding hydrogens is 482 g/mol. The van der Waals surface area contributed by atoms with Gasteiger partial charge in [-0.3, -0.25) is 0 Å². The van der Waals surface area contributed by atoms with Crippen molar-refractivity contribution in [1.82, 2.24) is 15.0 Å². The molecule has 0 saturated carbocycles. The summed E-state index contributed by atoms with van der Waals surface area (Å²) in [6.07, 6.45) is 1.54. The zero-order chi connectivity index (χ0) is 24.9. The molecule has 3 heterocycles. The lowest BCUT2D eigenvalue weighted by molar-refractivity contribution is 0.302. The number of nitrogens with zero attached hydrogens (tertiary/aromatic N) is 6. The van der Waals surface area contributed by atoms with Crippen LogP contribution >= 0.6 is 12.4 Å². The van der Waals surface area contributed by atoms with Gasteiger partial charge in [0.2, 0.25) is 17.8 Å². The van der Waals surface area contributed by atoms with Gasteiger partial charge in [-0.2, -0.15) is 15.0 Å². The van der Waals surface area contributed by atoms with Crippen LogP contribution in [0, 0.1) is 0 Å². The van der Waals surface area contributed by atoms with E-state index >= 15 is 0 Å². The van der Waals surface area contributed by atoms with Gasteiger partial charge in [-0.25, -0.2) is 0 Å². The van der Waals surface area contributed by atoms with Crippen molar-refractivity contribution >= 4 is 41.6 Å². The fourth-order valence-corrected chi connectivity index (χ4v) is 4.85. The molecule has 0 amide bonds. The lowest BCUT2D eigenvalue weighted by Gasteiger charge is -2.37. The van der Waals surface area contributed by atoms with E-state index in [-0.39, 0.29) is 43.2 Å². The van der Waals surface area contributed by atoms with Crippen LogP contribution in [-0.2, 0) is 0 Å². The van der Waals surface area contributed by atoms with E-state index in [9.17, 15) is 5.11 Å². The zero-order valence-corrected chi connectivity index (χ0v) is 21.6. The first-order chi connectivity index (χ1) is 16.8. The van der Waals surface area contributed by atoms with Crippen LogP contribution in [0.15, 0.2) is 24.3 Å². The summed E-state index contributed by atoms with van der Waals surface area (Å²) in [6, 6.07) is 7.79. The number of rotatable bonds is 8. The van der Waals surface area contributed by atoms with Gasteiger partial charge in [0, 0.05) is 74.8 Å². The molecule has 0 radical (unpaired) electrons. The van der Waals surface area contributed by atoms with E-state index in [2.05, 4.69) is 17.1 Å². The Bertz CT molecular complexity index is 901. The smallest absolute Gasteiger partial charge is 0.233 e. The second-order valence-electron chi connectivity index (χ2n) is 9.56. The van der Waals surface area contributed by atoms with Gasteiger partial charge in [-0.05, 0) is 44.0 Å². The molecular formula is C23H40ClN11O. The maximum Gasteiger partial charge on any atom is 0.233 e. The molecule has 2 saturated heterocycles. The summed E-state index contributed by atoms with van der Waals surface area (Å²) >= 11 is 0. The highest BCUT2D eigenvalue weighted by molar-refractivity contribution is 5.85. The molecule has 1 aromatic heterocycles. The number of nitrogens with one attached hydrogen (secondary N) is 1. The Morgan fingerprint density at radius 1 is 0.861 bits per heavy atom. The minimum absolute atomic E-state index is 0. The Labute approximate surface area is 218 Å². The topological polar surface area (TPSA) is 185 Å². The Morgan fingerprint density at radius 2 is 1.33 bits per heavy atom. The first kappa shape index (κ1) is 28.1. The number of halogens is 1. The summed E-state index contributed by atoms with van der Waals surface area (Å²) in [5.74, 6) is 1.50. The minimum Gasteiger partial charge on any atom is -0.395 e. The summed E-state index contributed by atoms with van der Waals surface area (Å²) in [5, 5.41) is 12.6. The summed E-state index contributed by atoms with van der Waals surface area (Å²) in [4.78, 5) is 20.3. The van der Waals surface area contributed by atoms with Crippen molar-refractivity contribution in [2.24, 2.45) is 22.9 Å². The molecule has 0 spiro atoms. The molecule has 0 aliphatic carbocycles. The van der Waals surface area contributed by atoms with Crippen LogP contribution in [0.2, 0.25) is 0 Å². The Morgan fingerprint density at radius 3 is 1.75 bits per heavy atom. The van der Waals surface area contributed by atoms with Crippen LogP contribution in [0.3, 0.4) is 0 Å². The molecule has 0 unspecified atom stereocenters. The van der Waals surface area contributed by atoms with E-state index in [0.29, 0.717) is 50.6 Å². The lowest BCUT2D eigenvalue weighted by atomic mass is 10.0. The van der Waals surface area contributed by atoms with Gasteiger partial charge in [0.25, 0.3) is 0 Å². The van der Waals surface area contributed by atoms with Gasteiger partial charge in [-0.15, -0.1) is 12.4 Å². The van der Waals surface area contributed by atoms with Gasteiger partial charge < -0.3 is 48.1 Å². The zero-order valence-electron chi connectivity index (χ0n) is 20.8. The number of piperidine rings is 2. The van der Waals surface area contributed by atoms with Crippen LogP contribution < -0.4 is 43.0 Å². The number of aliphatic hydroxyl groups is 1. The van der Waals surface area contributed by atoms with Crippen molar-refractivity contribution < 1.29 is 5.11 Å². The van der Waals surface area contributed by atoms with Gasteiger partial charge in [0.1, 0.15) is 0 Å². The van der Waals surface area contributed by atoms with Gasteiger partial charge in [0.15, 0.2) is 0 Å². The van der Waals surface area contributed by atoms with E-state index in [0.717, 1.165) is 30.8 Å². The molecule has 4 rings (SSSR count). The number of likely N-dealkylation sites (N-methyl/N-ethyl adjacent to an activating group) is 1. The largest absolute Gasteiger partial charge is 0.395 e. The predicted molar refractivity (Wildman–Crippen MR) is 147 cm³/mol. The Kier molecular flexibility index (Phi) is 9.88. The van der Waals surface area contributed by atoms with Crippen LogP contribution in [0.5, 0.6) is 0 Å². The van der Waals surface area contributed by atoms with E-state index in [1.165, 1.54) is 0 Å². The fourth-order valence-electron chi connectivity index (χ4n) is 4.85. The quantitative estimate of drug-likeness (QED) is 0.264. The van der Waals surface area contributed by atoms with Gasteiger partial charge in [-0.1, -0.05) is 0 Å². The summed E-state index contributed by atoms with van der Waals surface area (Å²) in [6.45, 7) is 6.08. The second kappa shape index (κ2) is 12.7. The molecule has 2 aliphatic heterocycles. The molecule has 0 bridgehead atoms. The monoisotopic (exact) mass is 521 g/mol. The molecule has 2 fully saturated rings. The van der Waals surface area contributed by atoms with E-state index in [1.807, 2.05) is 34.1 Å². The normalized spacial score (nSPS) is 24.3. The number of aromatic nitrogens is 3. The van der Waals surface area contributed by atoms with E-state index < -0.39 is 0 Å². The third-order valence-electron chi connectivity index (χ3n) is 6.45. The van der Waals surface area contributed by atoms with Crippen molar-refractivity contribution in [2.45, 2.75) is 43.9 Å². The second-order valence-corrected chi connectivity index (χ2v) is 9.56. The molecule has 2 aliphatic rings. The maximum atomic E-state index is 9.30. The van der Waals surface area contributed by atoms with Crippen LogP contribution in [0.1, 0.15) is 19.8 Å². The molecule has 36 heavy (non-hydrogen) atoms. The van der Waals surface area contributed by atoms with E-state index in [1.54, 1.807) is 0 Å². The third-order valence-corrected chi connectivity index (χ3v) is 6.45. The molecule has 1 aromatic carbocycles. The van der Waals surface area contributed by atoms with Crippen molar-refractivity contribution in [2.75, 3.05) is 65.9 Å². The van der Waals surface area contributed by atoms with E-state index in [4.69, 9.17) is 37.9 Å². The van der Waals surface area contributed by atoms with Gasteiger partial charge in [0.05, 0.1) is 6.61 Å². The molecule has 12 nitrogen and oxygen atoms in total. The average molecular weight is 522 g/mol. The summed E-state index contributed by atoms with van der Waals surface area (Å²) in [7, 11) is 0.